The molecule has 1 aliphatic heterocycles. The lowest BCUT2D eigenvalue weighted by molar-refractivity contribution is -0.0184. The second kappa shape index (κ2) is 11.8. The molecule has 1 saturated heterocycles. The molecule has 0 aromatic heterocycles. The summed E-state index contributed by atoms with van der Waals surface area (Å²) in [7, 11) is -0.637. The SMILES string of the molecule is CC(C)OC(=O)N1CCC(NS(=O)(=O)N(C)C)C(CO[C@H]2CC[C@@H](c3cccc(F)c3)CC2)C1. The second-order valence-corrected chi connectivity index (χ2v) is 11.7. The Kier molecular flexibility index (Phi) is 9.31. The average molecular weight is 500 g/mol. The van der Waals surface area contributed by atoms with E-state index in [9.17, 15) is 17.6 Å². The molecule has 34 heavy (non-hydrogen) atoms. The number of carbonyl (C=O) groups is 1. The summed E-state index contributed by atoms with van der Waals surface area (Å²) in [5.74, 6) is -0.0738. The third kappa shape index (κ3) is 7.37. The Labute approximate surface area is 203 Å². The van der Waals surface area contributed by atoms with Crippen LogP contribution in [0.4, 0.5) is 9.18 Å². The Hall–Kier alpha value is -1.75. The summed E-state index contributed by atoms with van der Waals surface area (Å²) in [5, 5.41) is 0. The zero-order chi connectivity index (χ0) is 24.9. The van der Waals surface area contributed by atoms with Gasteiger partial charge in [-0.2, -0.15) is 17.4 Å². The quantitative estimate of drug-likeness (QED) is 0.592. The Morgan fingerprint density at radius 1 is 1.21 bits per heavy atom. The molecule has 0 bridgehead atoms. The molecule has 1 aromatic carbocycles. The summed E-state index contributed by atoms with van der Waals surface area (Å²) in [6.45, 7) is 4.74. The highest BCUT2D eigenvalue weighted by Gasteiger charge is 2.36. The predicted octanol–water partition coefficient (Wildman–Crippen LogP) is 3.50. The van der Waals surface area contributed by atoms with Gasteiger partial charge in [-0.1, -0.05) is 12.1 Å². The number of benzene rings is 1. The van der Waals surface area contributed by atoms with E-state index in [0.717, 1.165) is 35.6 Å². The summed E-state index contributed by atoms with van der Waals surface area (Å²) < 4.78 is 54.0. The van der Waals surface area contributed by atoms with Crippen LogP contribution >= 0.6 is 0 Å². The van der Waals surface area contributed by atoms with E-state index in [1.807, 2.05) is 6.07 Å². The fourth-order valence-corrected chi connectivity index (χ4v) is 5.58. The molecule has 192 valence electrons. The van der Waals surface area contributed by atoms with Crippen LogP contribution in [0.3, 0.4) is 0 Å². The topological polar surface area (TPSA) is 88.2 Å². The zero-order valence-electron chi connectivity index (χ0n) is 20.6. The van der Waals surface area contributed by atoms with Crippen LogP contribution in [0.15, 0.2) is 24.3 Å². The van der Waals surface area contributed by atoms with Gasteiger partial charge < -0.3 is 14.4 Å². The zero-order valence-corrected chi connectivity index (χ0v) is 21.4. The molecule has 1 heterocycles. The highest BCUT2D eigenvalue weighted by molar-refractivity contribution is 7.87. The van der Waals surface area contributed by atoms with Crippen molar-refractivity contribution < 1.29 is 27.1 Å². The molecule has 1 aromatic rings. The maximum Gasteiger partial charge on any atom is 0.410 e. The molecule has 2 atom stereocenters. The van der Waals surface area contributed by atoms with Crippen molar-refractivity contribution in [1.82, 2.24) is 13.9 Å². The number of likely N-dealkylation sites (tertiary alicyclic amines) is 1. The van der Waals surface area contributed by atoms with E-state index in [1.54, 1.807) is 30.9 Å². The fourth-order valence-electron chi connectivity index (χ4n) is 4.68. The molecule has 0 spiro atoms. The number of piperidine rings is 1. The van der Waals surface area contributed by atoms with Crippen LogP contribution in [0.5, 0.6) is 0 Å². The number of nitrogens with one attached hydrogen (secondary N) is 1. The van der Waals surface area contributed by atoms with Gasteiger partial charge in [0.15, 0.2) is 0 Å². The highest BCUT2D eigenvalue weighted by Crippen LogP contribution is 2.34. The second-order valence-electron chi connectivity index (χ2n) is 9.80. The van der Waals surface area contributed by atoms with Gasteiger partial charge in [-0.15, -0.1) is 0 Å². The number of nitrogens with zero attached hydrogens (tertiary/aromatic N) is 2. The number of hydrogen-bond donors (Lipinski definition) is 1. The minimum atomic E-state index is -3.61. The first kappa shape index (κ1) is 26.8. The molecule has 10 heteroatoms. The van der Waals surface area contributed by atoms with Crippen LogP contribution in [0.25, 0.3) is 0 Å². The third-order valence-electron chi connectivity index (χ3n) is 6.65. The summed E-state index contributed by atoms with van der Waals surface area (Å²) in [6.07, 6.45) is 3.51. The van der Waals surface area contributed by atoms with Crippen LogP contribution < -0.4 is 4.72 Å². The summed E-state index contributed by atoms with van der Waals surface area (Å²) in [5.41, 5.74) is 1.03. The lowest BCUT2D eigenvalue weighted by atomic mass is 9.82. The third-order valence-corrected chi connectivity index (χ3v) is 8.21. The smallest absolute Gasteiger partial charge is 0.410 e. The summed E-state index contributed by atoms with van der Waals surface area (Å²) >= 11 is 0. The van der Waals surface area contributed by atoms with Crippen molar-refractivity contribution in [1.29, 1.82) is 0 Å². The first-order valence-electron chi connectivity index (χ1n) is 12.1. The molecule has 1 saturated carbocycles. The Bertz CT molecular complexity index is 919. The molecule has 2 aliphatic rings. The Morgan fingerprint density at radius 3 is 2.53 bits per heavy atom. The molecule has 3 rings (SSSR count). The highest BCUT2D eigenvalue weighted by atomic mass is 32.2. The number of carbonyl (C=O) groups excluding carboxylic acids is 1. The van der Waals surface area contributed by atoms with Crippen LogP contribution in [-0.2, 0) is 19.7 Å². The first-order chi connectivity index (χ1) is 16.0. The van der Waals surface area contributed by atoms with Crippen molar-refractivity contribution in [3.63, 3.8) is 0 Å². The van der Waals surface area contributed by atoms with Gasteiger partial charge in [-0.25, -0.2) is 9.18 Å². The minimum Gasteiger partial charge on any atom is -0.447 e. The molecule has 1 N–H and O–H groups in total. The molecule has 1 amide bonds. The van der Waals surface area contributed by atoms with Crippen LogP contribution in [0.1, 0.15) is 57.4 Å². The van der Waals surface area contributed by atoms with Crippen molar-refractivity contribution in [3.8, 4) is 0 Å². The van der Waals surface area contributed by atoms with E-state index < -0.39 is 10.2 Å². The largest absolute Gasteiger partial charge is 0.447 e. The maximum absolute atomic E-state index is 13.6. The normalized spacial score (nSPS) is 26.1. The molecule has 2 fully saturated rings. The van der Waals surface area contributed by atoms with Crippen molar-refractivity contribution in [2.45, 2.75) is 70.1 Å². The molecular weight excluding hydrogens is 461 g/mol. The van der Waals surface area contributed by atoms with E-state index in [1.165, 1.54) is 20.2 Å². The van der Waals surface area contributed by atoms with Crippen LogP contribution in [-0.4, -0.2) is 75.8 Å². The van der Waals surface area contributed by atoms with E-state index >= 15 is 0 Å². The molecule has 2 unspecified atom stereocenters. The molecule has 8 nitrogen and oxygen atoms in total. The van der Waals surface area contributed by atoms with Gasteiger partial charge in [0.1, 0.15) is 5.82 Å². The average Bonchev–Trinajstić information content (AvgIpc) is 2.78. The van der Waals surface area contributed by atoms with E-state index in [0.29, 0.717) is 32.0 Å². The predicted molar refractivity (Wildman–Crippen MR) is 128 cm³/mol. The fraction of sp³-hybridized carbons (Fsp3) is 0.708. The van der Waals surface area contributed by atoms with Crippen molar-refractivity contribution in [2.75, 3.05) is 33.8 Å². The number of hydrogen-bond acceptors (Lipinski definition) is 5. The number of rotatable bonds is 8. The van der Waals surface area contributed by atoms with Gasteiger partial charge in [0.05, 0.1) is 18.8 Å². The Morgan fingerprint density at radius 2 is 1.91 bits per heavy atom. The molecular formula is C24H38FN3O5S. The standard InChI is InChI=1S/C24H38FN3O5S/c1-17(2)33-24(29)28-13-12-23(26-34(30,31)27(3)4)20(15-28)16-32-22-10-8-18(9-11-22)19-6-5-7-21(25)14-19/h5-7,14,17-18,20,22-23,26H,8-13,15-16H2,1-4H3/t18-,20?,22+,23?. The van der Waals surface area contributed by atoms with Gasteiger partial charge in [-0.3, -0.25) is 0 Å². The van der Waals surface area contributed by atoms with Crippen LogP contribution in [0, 0.1) is 11.7 Å². The summed E-state index contributed by atoms with van der Waals surface area (Å²) in [6, 6.07) is 6.47. The lowest BCUT2D eigenvalue weighted by Gasteiger charge is -2.39. The first-order valence-corrected chi connectivity index (χ1v) is 13.5. The molecule has 1 aliphatic carbocycles. The van der Waals surface area contributed by atoms with Crippen LogP contribution in [0.2, 0.25) is 0 Å². The van der Waals surface area contributed by atoms with Gasteiger partial charge >= 0.3 is 6.09 Å². The van der Waals surface area contributed by atoms with E-state index in [-0.39, 0.29) is 36.1 Å². The van der Waals surface area contributed by atoms with Gasteiger partial charge in [0.25, 0.3) is 10.2 Å². The maximum atomic E-state index is 13.6. The Balaban J connectivity index is 1.59. The number of halogens is 1. The minimum absolute atomic E-state index is 0.0638. The van der Waals surface area contributed by atoms with Crippen molar-refractivity contribution >= 4 is 16.3 Å². The number of amides is 1. The van der Waals surface area contributed by atoms with E-state index in [2.05, 4.69) is 4.72 Å². The number of ether oxygens (including phenoxy) is 2. The van der Waals surface area contributed by atoms with Gasteiger partial charge in [0, 0.05) is 39.1 Å². The van der Waals surface area contributed by atoms with Gasteiger partial charge in [-0.05, 0) is 69.6 Å². The van der Waals surface area contributed by atoms with E-state index in [4.69, 9.17) is 9.47 Å². The van der Waals surface area contributed by atoms with Crippen molar-refractivity contribution in [3.05, 3.63) is 35.6 Å². The van der Waals surface area contributed by atoms with Crippen molar-refractivity contribution in [2.24, 2.45) is 5.92 Å². The lowest BCUT2D eigenvalue weighted by Crippen LogP contribution is -2.55. The molecule has 0 radical (unpaired) electrons. The van der Waals surface area contributed by atoms with Gasteiger partial charge in [0.2, 0.25) is 0 Å². The monoisotopic (exact) mass is 499 g/mol. The summed E-state index contributed by atoms with van der Waals surface area (Å²) in [4.78, 5) is 14.1.